The van der Waals surface area contributed by atoms with Crippen LogP contribution in [0.15, 0.2) is 36.2 Å². The maximum Gasteiger partial charge on any atom is 0.318 e. The summed E-state index contributed by atoms with van der Waals surface area (Å²) in [4.78, 5) is 23.7. The second-order valence-electron chi connectivity index (χ2n) is 5.57. The van der Waals surface area contributed by atoms with Crippen molar-refractivity contribution in [2.24, 2.45) is 0 Å². The maximum atomic E-state index is 12.7. The standard InChI is InChI=1S/C16H20N6O2S/c1-12(14-10-22-16(20-14)25-11-18-22)19-15(23)21(7-8-24-2)9-13-3-5-17-6-4-13/h3-6,10-12H,7-9H2,1-2H3,(H,19,23). The number of aromatic nitrogens is 4. The lowest BCUT2D eigenvalue weighted by Crippen LogP contribution is -2.42. The molecule has 0 radical (unpaired) electrons. The zero-order valence-corrected chi connectivity index (χ0v) is 14.9. The van der Waals surface area contributed by atoms with Crippen LogP contribution in [-0.4, -0.2) is 50.8 Å². The number of carbonyl (C=O) groups is 1. The number of hydrogen-bond acceptors (Lipinski definition) is 6. The molecule has 25 heavy (non-hydrogen) atoms. The molecule has 0 aliphatic carbocycles. The number of methoxy groups -OCH3 is 1. The van der Waals surface area contributed by atoms with Gasteiger partial charge in [-0.1, -0.05) is 11.3 Å². The Bertz CT molecular complexity index is 790. The summed E-state index contributed by atoms with van der Waals surface area (Å²) in [7, 11) is 1.62. The topological polar surface area (TPSA) is 84.7 Å². The van der Waals surface area contributed by atoms with Crippen molar-refractivity contribution in [1.82, 2.24) is 29.8 Å². The van der Waals surface area contributed by atoms with Gasteiger partial charge in [0.05, 0.1) is 24.5 Å². The average molecular weight is 360 g/mol. The molecule has 1 unspecified atom stereocenters. The Labute approximate surface area is 149 Å². The van der Waals surface area contributed by atoms with E-state index >= 15 is 0 Å². The van der Waals surface area contributed by atoms with Gasteiger partial charge in [-0.3, -0.25) is 4.98 Å². The first-order valence-electron chi connectivity index (χ1n) is 7.89. The maximum absolute atomic E-state index is 12.7. The summed E-state index contributed by atoms with van der Waals surface area (Å²) in [5.74, 6) is 0. The van der Waals surface area contributed by atoms with E-state index in [1.807, 2.05) is 25.3 Å². The molecule has 132 valence electrons. The molecule has 1 atom stereocenters. The third kappa shape index (κ3) is 4.31. The van der Waals surface area contributed by atoms with Gasteiger partial charge in [-0.15, -0.1) is 0 Å². The summed E-state index contributed by atoms with van der Waals surface area (Å²) in [6.07, 6.45) is 5.27. The minimum absolute atomic E-state index is 0.161. The van der Waals surface area contributed by atoms with Gasteiger partial charge in [0, 0.05) is 32.6 Å². The first-order chi connectivity index (χ1) is 12.2. The molecule has 3 aromatic rings. The van der Waals surface area contributed by atoms with Crippen molar-refractivity contribution in [2.45, 2.75) is 19.5 Å². The van der Waals surface area contributed by atoms with Crippen molar-refractivity contribution >= 4 is 22.3 Å². The average Bonchev–Trinajstić information content (AvgIpc) is 3.21. The summed E-state index contributed by atoms with van der Waals surface area (Å²) >= 11 is 1.46. The van der Waals surface area contributed by atoms with Crippen LogP contribution in [0.3, 0.4) is 0 Å². The summed E-state index contributed by atoms with van der Waals surface area (Å²) in [6, 6.07) is 3.41. The van der Waals surface area contributed by atoms with Gasteiger partial charge in [-0.2, -0.15) is 5.10 Å². The molecule has 0 fully saturated rings. The van der Waals surface area contributed by atoms with E-state index in [0.29, 0.717) is 19.7 Å². The molecule has 0 bridgehead atoms. The fourth-order valence-corrected chi connectivity index (χ4v) is 2.99. The number of imidazole rings is 1. The summed E-state index contributed by atoms with van der Waals surface area (Å²) in [5, 5.41) is 7.15. The van der Waals surface area contributed by atoms with Gasteiger partial charge in [0.2, 0.25) is 4.96 Å². The molecule has 0 aliphatic heterocycles. The Balaban J connectivity index is 1.67. The van der Waals surface area contributed by atoms with Gasteiger partial charge in [0.1, 0.15) is 5.51 Å². The van der Waals surface area contributed by atoms with E-state index in [0.717, 1.165) is 16.2 Å². The largest absolute Gasteiger partial charge is 0.383 e. The van der Waals surface area contributed by atoms with Gasteiger partial charge < -0.3 is 15.0 Å². The van der Waals surface area contributed by atoms with Crippen LogP contribution in [0.4, 0.5) is 4.79 Å². The van der Waals surface area contributed by atoms with Crippen molar-refractivity contribution < 1.29 is 9.53 Å². The van der Waals surface area contributed by atoms with Crippen molar-refractivity contribution in [3.8, 4) is 0 Å². The van der Waals surface area contributed by atoms with E-state index in [1.54, 1.807) is 34.4 Å². The Morgan fingerprint density at radius 1 is 1.44 bits per heavy atom. The van der Waals surface area contributed by atoms with Crippen LogP contribution in [0, 0.1) is 0 Å². The lowest BCUT2D eigenvalue weighted by Gasteiger charge is -2.24. The highest BCUT2D eigenvalue weighted by Crippen LogP contribution is 2.15. The van der Waals surface area contributed by atoms with E-state index in [-0.39, 0.29) is 12.1 Å². The second kappa shape index (κ2) is 8.04. The van der Waals surface area contributed by atoms with Crippen LogP contribution in [0.25, 0.3) is 4.96 Å². The van der Waals surface area contributed by atoms with Gasteiger partial charge in [0.15, 0.2) is 0 Å². The van der Waals surface area contributed by atoms with Crippen molar-refractivity contribution in [1.29, 1.82) is 0 Å². The van der Waals surface area contributed by atoms with Crippen LogP contribution in [0.5, 0.6) is 0 Å². The Morgan fingerprint density at radius 2 is 2.24 bits per heavy atom. The monoisotopic (exact) mass is 360 g/mol. The lowest BCUT2D eigenvalue weighted by molar-refractivity contribution is 0.145. The van der Waals surface area contributed by atoms with Gasteiger partial charge in [-0.05, 0) is 24.6 Å². The zero-order valence-electron chi connectivity index (χ0n) is 14.1. The predicted octanol–water partition coefficient (Wildman–Crippen LogP) is 2.10. The number of ether oxygens (including phenoxy) is 1. The zero-order chi connectivity index (χ0) is 17.6. The van der Waals surface area contributed by atoms with Gasteiger partial charge in [-0.25, -0.2) is 14.3 Å². The lowest BCUT2D eigenvalue weighted by atomic mass is 10.2. The van der Waals surface area contributed by atoms with Crippen LogP contribution < -0.4 is 5.32 Å². The normalized spacial score (nSPS) is 12.2. The highest BCUT2D eigenvalue weighted by molar-refractivity contribution is 7.14. The highest BCUT2D eigenvalue weighted by Gasteiger charge is 2.19. The quantitative estimate of drug-likeness (QED) is 0.697. The predicted molar refractivity (Wildman–Crippen MR) is 94.3 cm³/mol. The van der Waals surface area contributed by atoms with Crippen LogP contribution in [0.1, 0.15) is 24.2 Å². The Kier molecular flexibility index (Phi) is 5.56. The Morgan fingerprint density at radius 3 is 2.96 bits per heavy atom. The molecule has 0 saturated carbocycles. The molecule has 3 rings (SSSR count). The second-order valence-corrected chi connectivity index (χ2v) is 6.38. The van der Waals surface area contributed by atoms with Gasteiger partial charge >= 0.3 is 6.03 Å². The number of fused-ring (bicyclic) bond motifs is 1. The number of rotatable bonds is 7. The highest BCUT2D eigenvalue weighted by atomic mass is 32.1. The van der Waals surface area contributed by atoms with E-state index in [9.17, 15) is 4.79 Å². The number of amides is 2. The number of nitrogens with zero attached hydrogens (tertiary/aromatic N) is 5. The fraction of sp³-hybridized carbons (Fsp3) is 0.375. The smallest absolute Gasteiger partial charge is 0.318 e. The molecule has 2 amide bonds. The van der Waals surface area contributed by atoms with E-state index in [2.05, 4.69) is 20.4 Å². The molecule has 1 N–H and O–H groups in total. The van der Waals surface area contributed by atoms with Crippen molar-refractivity contribution in [3.05, 3.63) is 47.5 Å². The number of carbonyl (C=O) groups excluding carboxylic acids is 1. The van der Waals surface area contributed by atoms with E-state index in [4.69, 9.17) is 4.74 Å². The Hall–Kier alpha value is -2.52. The number of nitrogens with one attached hydrogen (secondary N) is 1. The molecule has 0 saturated heterocycles. The molecule has 0 aromatic carbocycles. The molecule has 3 heterocycles. The van der Waals surface area contributed by atoms with Crippen LogP contribution >= 0.6 is 11.3 Å². The SMILES string of the molecule is COCCN(Cc1ccncc1)C(=O)NC(C)c1cn2ncsc2n1. The summed E-state index contributed by atoms with van der Waals surface area (Å²) in [5.41, 5.74) is 3.53. The summed E-state index contributed by atoms with van der Waals surface area (Å²) < 4.78 is 6.83. The summed E-state index contributed by atoms with van der Waals surface area (Å²) in [6.45, 7) is 3.36. The first-order valence-corrected chi connectivity index (χ1v) is 8.77. The molecule has 9 heteroatoms. The minimum Gasteiger partial charge on any atom is -0.383 e. The number of pyridine rings is 1. The third-order valence-electron chi connectivity index (χ3n) is 3.76. The molecule has 8 nitrogen and oxygen atoms in total. The van der Waals surface area contributed by atoms with Crippen molar-refractivity contribution in [3.63, 3.8) is 0 Å². The third-order valence-corrected chi connectivity index (χ3v) is 4.45. The first kappa shape index (κ1) is 17.3. The molecular weight excluding hydrogens is 340 g/mol. The molecule has 0 spiro atoms. The molecule has 0 aliphatic rings. The molecular formula is C16H20N6O2S. The number of hydrogen-bond donors (Lipinski definition) is 1. The van der Waals surface area contributed by atoms with E-state index < -0.39 is 0 Å². The van der Waals surface area contributed by atoms with E-state index in [1.165, 1.54) is 11.3 Å². The fourth-order valence-electron chi connectivity index (χ4n) is 2.38. The van der Waals surface area contributed by atoms with Crippen LogP contribution in [0.2, 0.25) is 0 Å². The van der Waals surface area contributed by atoms with Crippen molar-refractivity contribution in [2.75, 3.05) is 20.3 Å². The minimum atomic E-state index is -0.219. The van der Waals surface area contributed by atoms with Gasteiger partial charge in [0.25, 0.3) is 0 Å². The van der Waals surface area contributed by atoms with Crippen LogP contribution in [-0.2, 0) is 11.3 Å². The number of urea groups is 1. The molecule has 3 aromatic heterocycles.